The highest BCUT2D eigenvalue weighted by atomic mass is 16.3. The SMILES string of the molecule is CCC(O)C(CC)(CC)CCC1C(C)CCCC(C)C1CCC(C)=O. The Morgan fingerprint density at radius 3 is 2.00 bits per heavy atom. The zero-order chi connectivity index (χ0) is 19.0. The lowest BCUT2D eigenvalue weighted by atomic mass is 9.67. The normalized spacial score (nSPS) is 29.2. The van der Waals surface area contributed by atoms with Gasteiger partial charge < -0.3 is 9.90 Å². The number of hydrogen-bond donors (Lipinski definition) is 1. The second kappa shape index (κ2) is 10.7. The Labute approximate surface area is 157 Å². The molecule has 0 heterocycles. The average Bonchev–Trinajstić information content (AvgIpc) is 2.72. The molecule has 0 aromatic rings. The predicted molar refractivity (Wildman–Crippen MR) is 108 cm³/mol. The molecule has 0 radical (unpaired) electrons. The largest absolute Gasteiger partial charge is 0.393 e. The van der Waals surface area contributed by atoms with Gasteiger partial charge >= 0.3 is 0 Å². The van der Waals surface area contributed by atoms with Gasteiger partial charge in [0.15, 0.2) is 0 Å². The van der Waals surface area contributed by atoms with E-state index in [9.17, 15) is 9.90 Å². The molecule has 5 atom stereocenters. The van der Waals surface area contributed by atoms with E-state index in [0.717, 1.165) is 50.4 Å². The fourth-order valence-corrected chi connectivity index (χ4v) is 5.53. The summed E-state index contributed by atoms with van der Waals surface area (Å²) >= 11 is 0. The number of rotatable bonds is 10. The summed E-state index contributed by atoms with van der Waals surface area (Å²) in [6.07, 6.45) is 10.9. The summed E-state index contributed by atoms with van der Waals surface area (Å²) in [5.41, 5.74) is 0.0785. The van der Waals surface area contributed by atoms with Gasteiger partial charge in [-0.1, -0.05) is 53.9 Å². The van der Waals surface area contributed by atoms with Crippen LogP contribution in [-0.2, 0) is 4.79 Å². The number of ketones is 1. The molecule has 2 heteroatoms. The van der Waals surface area contributed by atoms with Gasteiger partial charge in [0.2, 0.25) is 0 Å². The van der Waals surface area contributed by atoms with Crippen LogP contribution in [0.2, 0.25) is 0 Å². The Morgan fingerprint density at radius 2 is 1.56 bits per heavy atom. The van der Waals surface area contributed by atoms with Gasteiger partial charge in [-0.05, 0) is 74.5 Å². The second-order valence-corrected chi connectivity index (χ2v) is 8.99. The maximum atomic E-state index is 11.6. The number of aliphatic hydroxyl groups is 1. The van der Waals surface area contributed by atoms with Crippen LogP contribution >= 0.6 is 0 Å². The highest BCUT2D eigenvalue weighted by Gasteiger charge is 2.38. The molecule has 148 valence electrons. The van der Waals surface area contributed by atoms with E-state index in [4.69, 9.17) is 0 Å². The fraction of sp³-hybridized carbons (Fsp3) is 0.957. The first-order chi connectivity index (χ1) is 11.8. The van der Waals surface area contributed by atoms with Crippen molar-refractivity contribution in [2.24, 2.45) is 29.1 Å². The van der Waals surface area contributed by atoms with Crippen molar-refractivity contribution in [2.45, 2.75) is 112 Å². The minimum atomic E-state index is -0.184. The summed E-state index contributed by atoms with van der Waals surface area (Å²) in [5, 5.41) is 10.7. The molecule has 0 aromatic heterocycles. The highest BCUT2D eigenvalue weighted by molar-refractivity contribution is 5.75. The van der Waals surface area contributed by atoms with Crippen LogP contribution in [0.3, 0.4) is 0 Å². The van der Waals surface area contributed by atoms with Crippen LogP contribution in [0.15, 0.2) is 0 Å². The summed E-state index contributed by atoms with van der Waals surface area (Å²) in [4.78, 5) is 11.6. The predicted octanol–water partition coefficient (Wildman–Crippen LogP) is 6.40. The van der Waals surface area contributed by atoms with E-state index in [1.54, 1.807) is 6.92 Å². The molecular formula is C23H44O2. The molecule has 2 nitrogen and oxygen atoms in total. The third-order valence-corrected chi connectivity index (χ3v) is 7.64. The van der Waals surface area contributed by atoms with Crippen molar-refractivity contribution in [3.63, 3.8) is 0 Å². The first kappa shape index (κ1) is 22.7. The Kier molecular flexibility index (Phi) is 9.70. The molecule has 0 saturated heterocycles. The Hall–Kier alpha value is -0.370. The minimum absolute atomic E-state index is 0.0785. The highest BCUT2D eigenvalue weighted by Crippen LogP contribution is 2.45. The van der Waals surface area contributed by atoms with Gasteiger partial charge in [0.25, 0.3) is 0 Å². The number of carbonyl (C=O) groups excluding carboxylic acids is 1. The van der Waals surface area contributed by atoms with Gasteiger partial charge in [-0.25, -0.2) is 0 Å². The average molecular weight is 353 g/mol. The van der Waals surface area contributed by atoms with E-state index in [1.165, 1.54) is 25.7 Å². The lowest BCUT2D eigenvalue weighted by Crippen LogP contribution is -2.36. The fourth-order valence-electron chi connectivity index (χ4n) is 5.53. The smallest absolute Gasteiger partial charge is 0.129 e. The van der Waals surface area contributed by atoms with E-state index in [0.29, 0.717) is 17.6 Å². The summed E-state index contributed by atoms with van der Waals surface area (Å²) in [5.74, 6) is 3.18. The summed E-state index contributed by atoms with van der Waals surface area (Å²) in [6.45, 7) is 13.2. The monoisotopic (exact) mass is 352 g/mol. The van der Waals surface area contributed by atoms with Crippen LogP contribution in [0.1, 0.15) is 106 Å². The van der Waals surface area contributed by atoms with Crippen molar-refractivity contribution in [1.29, 1.82) is 0 Å². The van der Waals surface area contributed by atoms with Crippen LogP contribution in [-0.4, -0.2) is 17.0 Å². The van der Waals surface area contributed by atoms with Crippen molar-refractivity contribution in [3.8, 4) is 0 Å². The Bertz CT molecular complexity index is 386. The Balaban J connectivity index is 2.91. The van der Waals surface area contributed by atoms with E-state index < -0.39 is 0 Å². The molecule has 5 unspecified atom stereocenters. The summed E-state index contributed by atoms with van der Waals surface area (Å²) in [7, 11) is 0. The zero-order valence-electron chi connectivity index (χ0n) is 17.8. The van der Waals surface area contributed by atoms with E-state index in [2.05, 4.69) is 34.6 Å². The topological polar surface area (TPSA) is 37.3 Å². The molecule has 1 aliphatic carbocycles. The molecule has 0 aromatic carbocycles. The molecule has 1 saturated carbocycles. The number of aliphatic hydroxyl groups excluding tert-OH is 1. The summed E-state index contributed by atoms with van der Waals surface area (Å²) in [6, 6.07) is 0. The molecular weight excluding hydrogens is 308 g/mol. The Morgan fingerprint density at radius 1 is 1.04 bits per heavy atom. The molecule has 0 amide bonds. The van der Waals surface area contributed by atoms with Crippen molar-refractivity contribution < 1.29 is 9.90 Å². The number of carbonyl (C=O) groups is 1. The van der Waals surface area contributed by atoms with Crippen LogP contribution < -0.4 is 0 Å². The molecule has 1 aliphatic rings. The standard InChI is InChI=1S/C23H44O2/c1-7-22(25)23(8-2,9-3)16-15-21-18(5)12-10-11-17(4)20(21)14-13-19(6)24/h17-18,20-22,25H,7-16H2,1-6H3. The van der Waals surface area contributed by atoms with Crippen LogP contribution in [0.25, 0.3) is 0 Å². The van der Waals surface area contributed by atoms with Crippen LogP contribution in [0, 0.1) is 29.1 Å². The maximum Gasteiger partial charge on any atom is 0.129 e. The lowest BCUT2D eigenvalue weighted by molar-refractivity contribution is -0.117. The van der Waals surface area contributed by atoms with Gasteiger partial charge in [-0.3, -0.25) is 0 Å². The molecule has 0 spiro atoms. The first-order valence-corrected chi connectivity index (χ1v) is 11.0. The molecule has 0 aliphatic heterocycles. The quantitative estimate of drug-likeness (QED) is 0.462. The number of hydrogen-bond acceptors (Lipinski definition) is 2. The van der Waals surface area contributed by atoms with Gasteiger partial charge in [-0.2, -0.15) is 0 Å². The molecule has 25 heavy (non-hydrogen) atoms. The van der Waals surface area contributed by atoms with E-state index in [1.807, 2.05) is 0 Å². The molecule has 0 bridgehead atoms. The van der Waals surface area contributed by atoms with Crippen LogP contribution in [0.4, 0.5) is 0 Å². The maximum absolute atomic E-state index is 11.6. The van der Waals surface area contributed by atoms with Crippen molar-refractivity contribution in [2.75, 3.05) is 0 Å². The minimum Gasteiger partial charge on any atom is -0.393 e. The molecule has 1 rings (SSSR count). The molecule has 1 N–H and O–H groups in total. The lowest BCUT2D eigenvalue weighted by Gasteiger charge is -2.40. The summed E-state index contributed by atoms with van der Waals surface area (Å²) < 4.78 is 0. The van der Waals surface area contributed by atoms with E-state index >= 15 is 0 Å². The van der Waals surface area contributed by atoms with Gasteiger partial charge in [-0.15, -0.1) is 0 Å². The van der Waals surface area contributed by atoms with Crippen molar-refractivity contribution in [1.82, 2.24) is 0 Å². The van der Waals surface area contributed by atoms with Crippen molar-refractivity contribution in [3.05, 3.63) is 0 Å². The van der Waals surface area contributed by atoms with E-state index in [-0.39, 0.29) is 11.5 Å². The third kappa shape index (κ3) is 6.08. The molecule has 1 fully saturated rings. The number of Topliss-reactive ketones (excluding diaryl/α,β-unsaturated/α-hetero) is 1. The van der Waals surface area contributed by atoms with Crippen LogP contribution in [0.5, 0.6) is 0 Å². The van der Waals surface area contributed by atoms with Gasteiger partial charge in [0.1, 0.15) is 5.78 Å². The first-order valence-electron chi connectivity index (χ1n) is 11.0. The second-order valence-electron chi connectivity index (χ2n) is 8.99. The van der Waals surface area contributed by atoms with Gasteiger partial charge in [0, 0.05) is 6.42 Å². The zero-order valence-corrected chi connectivity index (χ0v) is 17.8. The van der Waals surface area contributed by atoms with Crippen molar-refractivity contribution >= 4 is 5.78 Å². The van der Waals surface area contributed by atoms with Gasteiger partial charge in [0.05, 0.1) is 6.10 Å². The third-order valence-electron chi connectivity index (χ3n) is 7.64.